The normalized spacial score (nSPS) is 12.1. The van der Waals surface area contributed by atoms with Crippen LogP contribution in [0.4, 0.5) is 11.4 Å². The van der Waals surface area contributed by atoms with E-state index in [9.17, 15) is 4.79 Å². The molecule has 17 heavy (non-hydrogen) atoms. The maximum absolute atomic E-state index is 11.0. The summed E-state index contributed by atoms with van der Waals surface area (Å²) in [6, 6.07) is 5.02. The van der Waals surface area contributed by atoms with Crippen molar-refractivity contribution < 1.29 is 4.79 Å². The molecule has 0 radical (unpaired) electrons. The minimum Gasteiger partial charge on any atom is -0.397 e. The molecule has 0 fully saturated rings. The van der Waals surface area contributed by atoms with E-state index in [0.717, 1.165) is 18.7 Å². The van der Waals surface area contributed by atoms with Crippen molar-refractivity contribution in [3.8, 4) is 0 Å². The Morgan fingerprint density at radius 3 is 2.82 bits per heavy atom. The number of amides is 1. The van der Waals surface area contributed by atoms with E-state index in [-0.39, 0.29) is 0 Å². The Hall–Kier alpha value is -1.36. The van der Waals surface area contributed by atoms with Crippen LogP contribution in [0.25, 0.3) is 0 Å². The lowest BCUT2D eigenvalue weighted by atomic mass is 10.1. The number of primary amides is 1. The van der Waals surface area contributed by atoms with Gasteiger partial charge in [0.1, 0.15) is 0 Å². The Morgan fingerprint density at radius 1 is 1.53 bits per heavy atom. The maximum Gasteiger partial charge on any atom is 0.248 e. The van der Waals surface area contributed by atoms with Crippen LogP contribution in [-0.4, -0.2) is 24.0 Å². The molecule has 0 spiro atoms. The second-order valence-electron chi connectivity index (χ2n) is 3.93. The molecular formula is C12H19N3OS. The zero-order chi connectivity index (χ0) is 12.8. The molecule has 1 amide bonds. The lowest BCUT2D eigenvalue weighted by Gasteiger charge is -2.12. The van der Waals surface area contributed by atoms with Gasteiger partial charge in [-0.3, -0.25) is 4.79 Å². The highest BCUT2D eigenvalue weighted by Crippen LogP contribution is 2.20. The molecule has 0 saturated carbocycles. The highest BCUT2D eigenvalue weighted by molar-refractivity contribution is 7.99. The van der Waals surface area contributed by atoms with Gasteiger partial charge in [0.15, 0.2) is 0 Å². The number of hydrogen-bond donors (Lipinski definition) is 3. The predicted octanol–water partition coefficient (Wildman–Crippen LogP) is 1.92. The summed E-state index contributed by atoms with van der Waals surface area (Å²) in [6.45, 7) is 3.00. The molecule has 5 heteroatoms. The fourth-order valence-electron chi connectivity index (χ4n) is 1.39. The van der Waals surface area contributed by atoms with Gasteiger partial charge >= 0.3 is 0 Å². The minimum atomic E-state index is -0.439. The van der Waals surface area contributed by atoms with Gasteiger partial charge in [0.2, 0.25) is 5.91 Å². The van der Waals surface area contributed by atoms with Crippen LogP contribution in [0.15, 0.2) is 18.2 Å². The molecule has 0 aliphatic carbocycles. The smallest absolute Gasteiger partial charge is 0.248 e. The first-order chi connectivity index (χ1) is 8.04. The number of nitrogen functional groups attached to an aromatic ring is 1. The first-order valence-corrected chi connectivity index (χ1v) is 6.79. The van der Waals surface area contributed by atoms with E-state index >= 15 is 0 Å². The van der Waals surface area contributed by atoms with Gasteiger partial charge in [-0.25, -0.2) is 0 Å². The first kappa shape index (κ1) is 13.7. The molecule has 4 nitrogen and oxygen atoms in total. The summed E-state index contributed by atoms with van der Waals surface area (Å²) in [6.07, 6.45) is 3.13. The number of nitrogens with two attached hydrogens (primary N) is 2. The average Bonchev–Trinajstić information content (AvgIpc) is 2.30. The number of benzene rings is 1. The fourth-order valence-corrected chi connectivity index (χ4v) is 1.74. The third kappa shape index (κ3) is 4.19. The molecule has 1 aromatic carbocycles. The van der Waals surface area contributed by atoms with Gasteiger partial charge < -0.3 is 16.8 Å². The zero-order valence-corrected chi connectivity index (χ0v) is 11.0. The Labute approximate surface area is 106 Å². The second kappa shape index (κ2) is 6.39. The lowest BCUT2D eigenvalue weighted by molar-refractivity contribution is 0.100. The number of carbonyl (C=O) groups excluding carboxylic acids is 1. The Morgan fingerprint density at radius 2 is 2.24 bits per heavy atom. The van der Waals surface area contributed by atoms with E-state index in [4.69, 9.17) is 11.5 Å². The number of carbonyl (C=O) groups is 1. The predicted molar refractivity (Wildman–Crippen MR) is 75.5 cm³/mol. The quantitative estimate of drug-likeness (QED) is 0.677. The first-order valence-electron chi connectivity index (χ1n) is 5.50. The van der Waals surface area contributed by atoms with Gasteiger partial charge in [0.25, 0.3) is 0 Å². The molecule has 0 aliphatic heterocycles. The minimum absolute atomic E-state index is 0.439. The van der Waals surface area contributed by atoms with E-state index in [1.165, 1.54) is 0 Å². The van der Waals surface area contributed by atoms with Crippen molar-refractivity contribution in [2.45, 2.75) is 18.6 Å². The van der Waals surface area contributed by atoms with Crippen LogP contribution < -0.4 is 16.8 Å². The van der Waals surface area contributed by atoms with Crippen molar-refractivity contribution in [1.82, 2.24) is 0 Å². The Balaban J connectivity index is 2.63. The fraction of sp³-hybridized carbons (Fsp3) is 0.417. The van der Waals surface area contributed by atoms with E-state index in [2.05, 4.69) is 18.5 Å². The van der Waals surface area contributed by atoms with Gasteiger partial charge in [-0.1, -0.05) is 6.92 Å². The average molecular weight is 253 g/mol. The maximum atomic E-state index is 11.0. The van der Waals surface area contributed by atoms with Crippen LogP contribution in [0.3, 0.4) is 0 Å². The number of hydrogen-bond acceptors (Lipinski definition) is 4. The number of rotatable bonds is 6. The Kier molecular flexibility index (Phi) is 5.15. The zero-order valence-electron chi connectivity index (χ0n) is 10.2. The van der Waals surface area contributed by atoms with Crippen LogP contribution >= 0.6 is 11.8 Å². The summed E-state index contributed by atoms with van der Waals surface area (Å²) in [5.74, 6) is -0.439. The van der Waals surface area contributed by atoms with Gasteiger partial charge in [-0.15, -0.1) is 0 Å². The largest absolute Gasteiger partial charge is 0.397 e. The molecule has 1 unspecified atom stereocenters. The van der Waals surface area contributed by atoms with Crippen molar-refractivity contribution in [3.63, 3.8) is 0 Å². The van der Waals surface area contributed by atoms with Crippen molar-refractivity contribution >= 4 is 29.0 Å². The summed E-state index contributed by atoms with van der Waals surface area (Å²) < 4.78 is 0. The molecule has 1 atom stereocenters. The number of nitrogens with one attached hydrogen (secondary N) is 1. The van der Waals surface area contributed by atoms with E-state index in [1.54, 1.807) is 18.2 Å². The summed E-state index contributed by atoms with van der Waals surface area (Å²) in [7, 11) is 0. The van der Waals surface area contributed by atoms with Crippen molar-refractivity contribution in [3.05, 3.63) is 23.8 Å². The van der Waals surface area contributed by atoms with Crippen LogP contribution in [-0.2, 0) is 0 Å². The van der Waals surface area contributed by atoms with Crippen LogP contribution in [0.5, 0.6) is 0 Å². The third-order valence-corrected chi connectivity index (χ3v) is 3.65. The Bertz CT molecular complexity index is 395. The van der Waals surface area contributed by atoms with Gasteiger partial charge in [-0.2, -0.15) is 11.8 Å². The van der Waals surface area contributed by atoms with Crippen LogP contribution in [0.1, 0.15) is 23.7 Å². The summed E-state index contributed by atoms with van der Waals surface area (Å²) in [5.41, 5.74) is 12.9. The van der Waals surface area contributed by atoms with E-state index < -0.39 is 5.91 Å². The SMILES string of the molecule is CSC(C)CCNc1cc(C(N)=O)ccc1N. The van der Waals surface area contributed by atoms with Gasteiger partial charge in [0.05, 0.1) is 11.4 Å². The molecule has 0 heterocycles. The third-order valence-electron chi connectivity index (χ3n) is 2.61. The molecule has 5 N–H and O–H groups in total. The second-order valence-corrected chi connectivity index (χ2v) is 5.20. The van der Waals surface area contributed by atoms with Crippen molar-refractivity contribution in [2.75, 3.05) is 23.9 Å². The number of thioether (sulfide) groups is 1. The summed E-state index contributed by atoms with van der Waals surface area (Å²) in [5, 5.41) is 3.83. The van der Waals surface area contributed by atoms with Crippen LogP contribution in [0, 0.1) is 0 Å². The molecule has 0 bridgehead atoms. The number of anilines is 2. The lowest BCUT2D eigenvalue weighted by Crippen LogP contribution is -2.13. The molecule has 0 aromatic heterocycles. The van der Waals surface area contributed by atoms with Gasteiger partial charge in [0, 0.05) is 17.4 Å². The molecule has 1 aromatic rings. The molecule has 94 valence electrons. The standard InChI is InChI=1S/C12H19N3OS/c1-8(17-2)5-6-15-11-7-9(12(14)16)3-4-10(11)13/h3-4,7-8,15H,5-6,13H2,1-2H3,(H2,14,16). The highest BCUT2D eigenvalue weighted by Gasteiger charge is 2.05. The van der Waals surface area contributed by atoms with E-state index in [1.807, 2.05) is 11.8 Å². The monoisotopic (exact) mass is 253 g/mol. The molecule has 1 rings (SSSR count). The van der Waals surface area contributed by atoms with Gasteiger partial charge in [-0.05, 0) is 30.9 Å². The topological polar surface area (TPSA) is 81.1 Å². The molecular weight excluding hydrogens is 234 g/mol. The highest BCUT2D eigenvalue weighted by atomic mass is 32.2. The van der Waals surface area contributed by atoms with Crippen molar-refractivity contribution in [2.24, 2.45) is 5.73 Å². The summed E-state index contributed by atoms with van der Waals surface area (Å²) in [4.78, 5) is 11.0. The van der Waals surface area contributed by atoms with Crippen molar-refractivity contribution in [1.29, 1.82) is 0 Å². The molecule has 0 aliphatic rings. The van der Waals surface area contributed by atoms with E-state index in [0.29, 0.717) is 16.5 Å². The summed E-state index contributed by atoms with van der Waals surface area (Å²) >= 11 is 1.83. The molecule has 0 saturated heterocycles. The van der Waals surface area contributed by atoms with Crippen LogP contribution in [0.2, 0.25) is 0 Å².